The van der Waals surface area contributed by atoms with Crippen molar-refractivity contribution in [2.45, 2.75) is 46.5 Å². The number of halogens is 1. The monoisotopic (exact) mass is 370 g/mol. The van der Waals surface area contributed by atoms with Crippen molar-refractivity contribution in [1.29, 1.82) is 0 Å². The van der Waals surface area contributed by atoms with Crippen molar-refractivity contribution < 1.29 is 14.3 Å². The molecule has 1 heterocycles. The Morgan fingerprint density at radius 2 is 2.04 bits per heavy atom. The summed E-state index contributed by atoms with van der Waals surface area (Å²) < 4.78 is 4.87. The van der Waals surface area contributed by atoms with E-state index < -0.39 is 5.97 Å². The van der Waals surface area contributed by atoms with Crippen LogP contribution in [0.2, 0.25) is 5.15 Å². The van der Waals surface area contributed by atoms with Gasteiger partial charge in [0.25, 0.3) is 0 Å². The lowest BCUT2D eigenvalue weighted by molar-refractivity contribution is -0.142. The Bertz CT molecular complexity index is 569. The van der Waals surface area contributed by atoms with Crippen LogP contribution >= 0.6 is 11.6 Å². The van der Waals surface area contributed by atoms with E-state index in [0.29, 0.717) is 6.42 Å². The van der Waals surface area contributed by atoms with Gasteiger partial charge in [-0.1, -0.05) is 25.4 Å². The predicted molar refractivity (Wildman–Crippen MR) is 97.6 cm³/mol. The molecule has 0 aliphatic carbocycles. The molecule has 0 bridgehead atoms. The summed E-state index contributed by atoms with van der Waals surface area (Å²) in [5.41, 5.74) is 0.290. The molecule has 7 nitrogen and oxygen atoms in total. The zero-order chi connectivity index (χ0) is 18.7. The molecule has 1 N–H and O–H groups in total. The fourth-order valence-electron chi connectivity index (χ4n) is 2.35. The van der Waals surface area contributed by atoms with Gasteiger partial charge in [0, 0.05) is 6.42 Å². The summed E-state index contributed by atoms with van der Waals surface area (Å²) in [5, 5.41) is 2.83. The maximum Gasteiger partial charge on any atom is 0.311 e. The standard InChI is InChI=1S/C17H27ClN4O3/c1-4-9-22(5-2)10-7-8-15(23)21-14-12-19-17(18)13(20-14)11-16(24)25-6-3/h12H,4-11H2,1-3H3,(H,20,21,23). The van der Waals surface area contributed by atoms with Gasteiger partial charge in [0.1, 0.15) is 0 Å². The van der Waals surface area contributed by atoms with Crippen LogP contribution in [0.5, 0.6) is 0 Å². The number of nitrogens with zero attached hydrogens (tertiary/aromatic N) is 3. The number of rotatable bonds is 11. The number of aromatic nitrogens is 2. The number of anilines is 1. The highest BCUT2D eigenvalue weighted by Gasteiger charge is 2.13. The van der Waals surface area contributed by atoms with Crippen molar-refractivity contribution in [2.75, 3.05) is 31.6 Å². The fourth-order valence-corrected chi connectivity index (χ4v) is 2.50. The van der Waals surface area contributed by atoms with Crippen LogP contribution in [0.4, 0.5) is 5.82 Å². The van der Waals surface area contributed by atoms with E-state index in [1.54, 1.807) is 6.92 Å². The third-order valence-corrected chi connectivity index (χ3v) is 3.86. The highest BCUT2D eigenvalue weighted by atomic mass is 35.5. The summed E-state index contributed by atoms with van der Waals surface area (Å²) in [4.78, 5) is 34.0. The molecule has 0 atom stereocenters. The van der Waals surface area contributed by atoms with Crippen molar-refractivity contribution in [1.82, 2.24) is 14.9 Å². The Hall–Kier alpha value is -1.73. The first-order valence-corrected chi connectivity index (χ1v) is 9.07. The zero-order valence-electron chi connectivity index (χ0n) is 15.2. The second-order valence-electron chi connectivity index (χ2n) is 5.56. The van der Waals surface area contributed by atoms with E-state index in [1.165, 1.54) is 6.20 Å². The van der Waals surface area contributed by atoms with E-state index in [-0.39, 0.29) is 35.6 Å². The number of amides is 1. The summed E-state index contributed by atoms with van der Waals surface area (Å²) in [5.74, 6) is -0.279. The molecule has 1 aromatic rings. The molecule has 140 valence electrons. The highest BCUT2D eigenvalue weighted by Crippen LogP contribution is 2.14. The van der Waals surface area contributed by atoms with Crippen LogP contribution in [0.15, 0.2) is 6.20 Å². The molecular formula is C17H27ClN4O3. The van der Waals surface area contributed by atoms with Crippen LogP contribution in [0, 0.1) is 0 Å². The van der Waals surface area contributed by atoms with E-state index >= 15 is 0 Å². The molecule has 25 heavy (non-hydrogen) atoms. The molecule has 0 aliphatic heterocycles. The lowest BCUT2D eigenvalue weighted by atomic mass is 10.2. The van der Waals surface area contributed by atoms with E-state index in [9.17, 15) is 9.59 Å². The lowest BCUT2D eigenvalue weighted by Crippen LogP contribution is -2.26. The van der Waals surface area contributed by atoms with Crippen LogP contribution in [-0.2, 0) is 20.7 Å². The minimum Gasteiger partial charge on any atom is -0.466 e. The van der Waals surface area contributed by atoms with Gasteiger partial charge in [0.05, 0.1) is 24.9 Å². The number of esters is 1. The fraction of sp³-hybridized carbons (Fsp3) is 0.647. The normalized spacial score (nSPS) is 10.8. The highest BCUT2D eigenvalue weighted by molar-refractivity contribution is 6.30. The van der Waals surface area contributed by atoms with Crippen LogP contribution in [-0.4, -0.2) is 53.0 Å². The first kappa shape index (κ1) is 21.3. The number of hydrogen-bond acceptors (Lipinski definition) is 6. The van der Waals surface area contributed by atoms with Gasteiger partial charge in [0.2, 0.25) is 5.91 Å². The first-order chi connectivity index (χ1) is 12.0. The summed E-state index contributed by atoms with van der Waals surface area (Å²) >= 11 is 5.94. The van der Waals surface area contributed by atoms with E-state index in [4.69, 9.17) is 16.3 Å². The Morgan fingerprint density at radius 3 is 2.68 bits per heavy atom. The largest absolute Gasteiger partial charge is 0.466 e. The molecular weight excluding hydrogens is 344 g/mol. The lowest BCUT2D eigenvalue weighted by Gasteiger charge is -2.18. The molecule has 0 aromatic carbocycles. The second-order valence-corrected chi connectivity index (χ2v) is 5.92. The molecule has 0 saturated heterocycles. The van der Waals surface area contributed by atoms with Crippen molar-refractivity contribution in [3.05, 3.63) is 17.0 Å². The van der Waals surface area contributed by atoms with Crippen molar-refractivity contribution in [2.24, 2.45) is 0 Å². The van der Waals surface area contributed by atoms with Crippen LogP contribution in [0.3, 0.4) is 0 Å². The Morgan fingerprint density at radius 1 is 1.28 bits per heavy atom. The number of ether oxygens (including phenoxy) is 1. The molecule has 0 radical (unpaired) electrons. The molecule has 0 saturated carbocycles. The van der Waals surface area contributed by atoms with E-state index in [2.05, 4.69) is 34.0 Å². The molecule has 1 amide bonds. The third-order valence-electron chi connectivity index (χ3n) is 3.54. The van der Waals surface area contributed by atoms with E-state index in [0.717, 1.165) is 32.5 Å². The maximum atomic E-state index is 12.0. The zero-order valence-corrected chi connectivity index (χ0v) is 15.9. The van der Waals surface area contributed by atoms with Crippen LogP contribution in [0.1, 0.15) is 45.7 Å². The average molecular weight is 371 g/mol. The molecule has 1 rings (SSSR count). The predicted octanol–water partition coefficient (Wildman–Crippen LogP) is 2.69. The van der Waals surface area contributed by atoms with Gasteiger partial charge >= 0.3 is 5.97 Å². The van der Waals surface area contributed by atoms with Crippen molar-refractivity contribution in [3.8, 4) is 0 Å². The minimum absolute atomic E-state index is 0.0775. The SMILES string of the molecule is CCCN(CC)CCCC(=O)Nc1cnc(Cl)c(CC(=O)OCC)n1. The Labute approximate surface area is 154 Å². The Kier molecular flexibility index (Phi) is 10.0. The van der Waals surface area contributed by atoms with Gasteiger partial charge in [-0.2, -0.15) is 0 Å². The van der Waals surface area contributed by atoms with Crippen LogP contribution < -0.4 is 5.32 Å². The number of nitrogens with one attached hydrogen (secondary N) is 1. The quantitative estimate of drug-likeness (QED) is 0.603. The average Bonchev–Trinajstić information content (AvgIpc) is 2.57. The van der Waals surface area contributed by atoms with Gasteiger partial charge in [0.15, 0.2) is 11.0 Å². The molecule has 0 unspecified atom stereocenters. The van der Waals surface area contributed by atoms with Gasteiger partial charge in [-0.3, -0.25) is 9.59 Å². The smallest absolute Gasteiger partial charge is 0.311 e. The second kappa shape index (κ2) is 11.8. The Balaban J connectivity index is 2.52. The molecule has 8 heteroatoms. The van der Waals surface area contributed by atoms with Crippen molar-refractivity contribution in [3.63, 3.8) is 0 Å². The summed E-state index contributed by atoms with van der Waals surface area (Å²) in [7, 11) is 0. The van der Waals surface area contributed by atoms with E-state index in [1.807, 2.05) is 0 Å². The van der Waals surface area contributed by atoms with Gasteiger partial charge < -0.3 is 15.0 Å². The summed E-state index contributed by atoms with van der Waals surface area (Å²) in [6.07, 6.45) is 3.58. The molecule has 1 aromatic heterocycles. The molecule has 0 spiro atoms. The topological polar surface area (TPSA) is 84.4 Å². The minimum atomic E-state index is -0.433. The summed E-state index contributed by atoms with van der Waals surface area (Å²) in [6.45, 7) is 9.17. The first-order valence-electron chi connectivity index (χ1n) is 8.69. The molecule has 0 fully saturated rings. The maximum absolute atomic E-state index is 12.0. The number of hydrogen-bond donors (Lipinski definition) is 1. The molecule has 0 aliphatic rings. The van der Waals surface area contributed by atoms with Gasteiger partial charge in [-0.15, -0.1) is 0 Å². The number of carbonyl (C=O) groups is 2. The summed E-state index contributed by atoms with van der Waals surface area (Å²) in [6, 6.07) is 0. The van der Waals surface area contributed by atoms with Crippen molar-refractivity contribution >= 4 is 29.3 Å². The number of carbonyl (C=O) groups excluding carboxylic acids is 2. The van der Waals surface area contributed by atoms with Gasteiger partial charge in [-0.05, 0) is 39.4 Å². The van der Waals surface area contributed by atoms with Crippen LogP contribution in [0.25, 0.3) is 0 Å². The third kappa shape index (κ3) is 8.27. The van der Waals surface area contributed by atoms with Gasteiger partial charge in [-0.25, -0.2) is 9.97 Å².